The largest absolute Gasteiger partial charge is 0.472 e. The Morgan fingerprint density at radius 1 is 0.292 bits per heavy atom. The van der Waals surface area contributed by atoms with Crippen LogP contribution in [0.25, 0.3) is 0 Å². The number of carbonyl (C=O) groups is 4. The van der Waals surface area contributed by atoms with Crippen molar-refractivity contribution in [1.82, 2.24) is 0 Å². The van der Waals surface area contributed by atoms with E-state index in [2.05, 4.69) is 72.8 Å². The Morgan fingerprint density at radius 2 is 0.509 bits per heavy atom. The number of esters is 4. The van der Waals surface area contributed by atoms with Crippen molar-refractivity contribution in [2.45, 2.75) is 452 Å². The molecule has 0 saturated heterocycles. The normalized spacial score (nSPS) is 14.0. The van der Waals surface area contributed by atoms with Crippen molar-refractivity contribution in [2.24, 2.45) is 17.8 Å². The molecule has 0 radical (unpaired) electrons. The molecule has 3 N–H and O–H groups in total. The summed E-state index contributed by atoms with van der Waals surface area (Å²) in [7, 11) is -9.94. The SMILES string of the molecule is CCCCCC/C=C\C=C/CCCCCCCC(=O)O[C@H](COC(=O)CCCCCCCCCCCCCCCCCCCCC(C)C)COP(=O)(O)OCC(O)COP(=O)(O)OC[C@@H](COC(=O)CCCCCCCCC(C)C)OC(=O)CCCCCCCCCCCCCCCCCCCCC(C)C. The van der Waals surface area contributed by atoms with Crippen LogP contribution in [0.2, 0.25) is 0 Å². The van der Waals surface area contributed by atoms with E-state index in [1.165, 1.54) is 225 Å². The third kappa shape index (κ3) is 79.6. The Hall–Kier alpha value is -2.46. The van der Waals surface area contributed by atoms with E-state index in [9.17, 15) is 43.2 Å². The monoisotopic (exact) mass is 1550 g/mol. The minimum absolute atomic E-state index is 0.0854. The lowest BCUT2D eigenvalue weighted by atomic mass is 10.0. The number of aliphatic hydroxyl groups is 1. The van der Waals surface area contributed by atoms with E-state index in [-0.39, 0.29) is 25.7 Å². The van der Waals surface area contributed by atoms with Crippen LogP contribution in [0.3, 0.4) is 0 Å². The first-order chi connectivity index (χ1) is 51.2. The third-order valence-electron chi connectivity index (χ3n) is 19.8. The molecule has 0 heterocycles. The van der Waals surface area contributed by atoms with E-state index in [1.807, 2.05) is 0 Å². The smallest absolute Gasteiger partial charge is 0.462 e. The molecule has 0 aromatic rings. The number of allylic oxidation sites excluding steroid dienone is 4. The van der Waals surface area contributed by atoms with Crippen LogP contribution in [0.15, 0.2) is 24.3 Å². The predicted octanol–water partition coefficient (Wildman–Crippen LogP) is 26.0. The van der Waals surface area contributed by atoms with Gasteiger partial charge in [0.15, 0.2) is 12.2 Å². The number of aliphatic hydroxyl groups excluding tert-OH is 1. The summed E-state index contributed by atoms with van der Waals surface area (Å²) in [5.41, 5.74) is 0. The van der Waals surface area contributed by atoms with Crippen LogP contribution in [-0.2, 0) is 65.4 Å². The fraction of sp³-hybridized carbons (Fsp3) is 0.908. The van der Waals surface area contributed by atoms with Gasteiger partial charge in [0.2, 0.25) is 0 Å². The maximum atomic E-state index is 13.1. The molecule has 0 aliphatic heterocycles. The number of hydrogen-bond acceptors (Lipinski definition) is 15. The maximum Gasteiger partial charge on any atom is 0.472 e. The van der Waals surface area contributed by atoms with Crippen LogP contribution in [0.5, 0.6) is 0 Å². The van der Waals surface area contributed by atoms with Gasteiger partial charge in [0.25, 0.3) is 0 Å². The fourth-order valence-electron chi connectivity index (χ4n) is 13.0. The first-order valence-corrected chi connectivity index (χ1v) is 47.2. The molecule has 0 spiro atoms. The lowest BCUT2D eigenvalue weighted by molar-refractivity contribution is -0.161. The second-order valence-electron chi connectivity index (χ2n) is 32.0. The van der Waals surface area contributed by atoms with E-state index in [1.54, 1.807) is 0 Å². The molecule has 0 amide bonds. The summed E-state index contributed by atoms with van der Waals surface area (Å²) in [5, 5.41) is 10.7. The van der Waals surface area contributed by atoms with Crippen LogP contribution < -0.4 is 0 Å². The van der Waals surface area contributed by atoms with Gasteiger partial charge in [-0.2, -0.15) is 0 Å². The zero-order valence-electron chi connectivity index (χ0n) is 69.4. The summed E-state index contributed by atoms with van der Waals surface area (Å²) < 4.78 is 68.8. The number of rotatable bonds is 83. The molecule has 0 aliphatic rings. The topological polar surface area (TPSA) is 237 Å². The summed E-state index contributed by atoms with van der Waals surface area (Å²) in [6.45, 7) is 11.9. The zero-order chi connectivity index (χ0) is 77.9. The molecular weight excluding hydrogens is 1380 g/mol. The molecule has 626 valence electrons. The highest BCUT2D eigenvalue weighted by Gasteiger charge is 2.30. The van der Waals surface area contributed by atoms with Crippen molar-refractivity contribution < 1.29 is 80.2 Å². The van der Waals surface area contributed by atoms with Gasteiger partial charge in [-0.1, -0.05) is 381 Å². The molecule has 5 atom stereocenters. The predicted molar refractivity (Wildman–Crippen MR) is 437 cm³/mol. The summed E-state index contributed by atoms with van der Waals surface area (Å²) in [6, 6.07) is 0. The minimum Gasteiger partial charge on any atom is -0.462 e. The van der Waals surface area contributed by atoms with E-state index in [0.717, 1.165) is 121 Å². The number of unbranched alkanes of at least 4 members (excludes halogenated alkanes) is 48. The first kappa shape index (κ1) is 104. The molecule has 3 unspecified atom stereocenters. The van der Waals surface area contributed by atoms with Crippen LogP contribution in [0.1, 0.15) is 434 Å². The van der Waals surface area contributed by atoms with Gasteiger partial charge in [0.1, 0.15) is 19.3 Å². The Kier molecular flexibility index (Phi) is 74.7. The van der Waals surface area contributed by atoms with Gasteiger partial charge < -0.3 is 33.8 Å². The minimum atomic E-state index is -4.97. The number of phosphoric ester groups is 2. The summed E-state index contributed by atoms with van der Waals surface area (Å²) in [4.78, 5) is 73.1. The molecule has 17 nitrogen and oxygen atoms in total. The Labute approximate surface area is 650 Å². The maximum absolute atomic E-state index is 13.1. The van der Waals surface area contributed by atoms with Crippen molar-refractivity contribution in [3.8, 4) is 0 Å². The van der Waals surface area contributed by atoms with Crippen LogP contribution in [0, 0.1) is 17.8 Å². The van der Waals surface area contributed by atoms with Crippen LogP contribution >= 0.6 is 15.6 Å². The second-order valence-corrected chi connectivity index (χ2v) is 34.9. The number of ether oxygens (including phenoxy) is 4. The van der Waals surface area contributed by atoms with Crippen molar-refractivity contribution in [3.05, 3.63) is 24.3 Å². The highest BCUT2D eigenvalue weighted by Crippen LogP contribution is 2.45. The van der Waals surface area contributed by atoms with Gasteiger partial charge >= 0.3 is 39.5 Å². The molecule has 0 aromatic heterocycles. The Balaban J connectivity index is 5.19. The van der Waals surface area contributed by atoms with Crippen molar-refractivity contribution in [3.63, 3.8) is 0 Å². The van der Waals surface area contributed by atoms with Gasteiger partial charge in [-0.3, -0.25) is 37.3 Å². The molecule has 0 fully saturated rings. The van der Waals surface area contributed by atoms with E-state index in [4.69, 9.17) is 37.0 Å². The third-order valence-corrected chi connectivity index (χ3v) is 21.7. The number of phosphoric acid groups is 2. The van der Waals surface area contributed by atoms with Gasteiger partial charge in [-0.15, -0.1) is 0 Å². The van der Waals surface area contributed by atoms with Gasteiger partial charge in [0.05, 0.1) is 26.4 Å². The van der Waals surface area contributed by atoms with Crippen molar-refractivity contribution in [2.75, 3.05) is 39.6 Å². The highest BCUT2D eigenvalue weighted by atomic mass is 31.2. The lowest BCUT2D eigenvalue weighted by Crippen LogP contribution is -2.30. The van der Waals surface area contributed by atoms with Gasteiger partial charge in [0, 0.05) is 25.7 Å². The van der Waals surface area contributed by atoms with E-state index >= 15 is 0 Å². The molecule has 106 heavy (non-hydrogen) atoms. The van der Waals surface area contributed by atoms with E-state index in [0.29, 0.717) is 31.6 Å². The summed E-state index contributed by atoms with van der Waals surface area (Å²) in [6.07, 6.45) is 70.6. The standard InChI is InChI=1S/C87H166O17P2/c1-8-9-10-11-12-13-14-15-24-32-37-42-47-56-63-70-86(91)103-82(74-97-84(89)68-61-54-46-41-36-31-27-22-18-16-20-25-29-34-39-44-51-58-65-78(2)3)76-101-105(93,94)99-72-81(88)73-100-106(95,96)102-77-83(75-98-85(90)69-62-55-50-49-53-60-67-80(6)7)104-87(92)71-64-57-48-43-38-33-28-23-19-17-21-26-30-35-40-45-52-59-66-79(4)5/h13-15,24,78-83,88H,8-12,16-23,25-77H2,1-7H3,(H,93,94)(H,95,96)/b14-13-,24-15-/t81?,82-,83-/m1/s1. The Bertz CT molecular complexity index is 2140. The molecule has 0 bridgehead atoms. The highest BCUT2D eigenvalue weighted by molar-refractivity contribution is 7.47. The Morgan fingerprint density at radius 3 is 0.764 bits per heavy atom. The number of carbonyl (C=O) groups excluding carboxylic acids is 4. The van der Waals surface area contributed by atoms with Crippen molar-refractivity contribution >= 4 is 39.5 Å². The average molecular weight is 1550 g/mol. The van der Waals surface area contributed by atoms with Crippen molar-refractivity contribution in [1.29, 1.82) is 0 Å². The number of hydrogen-bond donors (Lipinski definition) is 3. The summed E-state index contributed by atoms with van der Waals surface area (Å²) in [5.74, 6) is 0.181. The van der Waals surface area contributed by atoms with Crippen LogP contribution in [0.4, 0.5) is 0 Å². The second kappa shape index (κ2) is 76.5. The molecule has 0 aliphatic carbocycles. The quantitative estimate of drug-likeness (QED) is 0.0169. The van der Waals surface area contributed by atoms with Crippen LogP contribution in [-0.4, -0.2) is 96.7 Å². The first-order valence-electron chi connectivity index (χ1n) is 44.2. The summed E-state index contributed by atoms with van der Waals surface area (Å²) >= 11 is 0. The fourth-order valence-corrected chi connectivity index (χ4v) is 14.6. The molecule has 0 rings (SSSR count). The molecular formula is C87H166O17P2. The molecule has 19 heteroatoms. The zero-order valence-corrected chi connectivity index (χ0v) is 71.2. The van der Waals surface area contributed by atoms with E-state index < -0.39 is 97.5 Å². The molecule has 0 saturated carbocycles. The average Bonchev–Trinajstić information content (AvgIpc) is 0.899. The molecule has 0 aromatic carbocycles. The lowest BCUT2D eigenvalue weighted by Gasteiger charge is -2.21. The van der Waals surface area contributed by atoms with Gasteiger partial charge in [-0.25, -0.2) is 9.13 Å². The van der Waals surface area contributed by atoms with Gasteiger partial charge in [-0.05, 0) is 69.1 Å².